The summed E-state index contributed by atoms with van der Waals surface area (Å²) < 4.78 is 122. The number of aliphatic hydroxyl groups is 3. The third-order valence-corrected chi connectivity index (χ3v) is 17.7. The first-order valence-electron chi connectivity index (χ1n) is 23.0. The van der Waals surface area contributed by atoms with E-state index in [1.54, 1.807) is 0 Å². The molecular weight excluding hydrogens is 1170 g/mol. The van der Waals surface area contributed by atoms with Crippen molar-refractivity contribution in [1.82, 2.24) is 53.6 Å². The Bertz CT molecular complexity index is 3590. The van der Waals surface area contributed by atoms with Crippen molar-refractivity contribution in [3.05, 3.63) is 46.0 Å². The van der Waals surface area contributed by atoms with Crippen LogP contribution in [0.2, 0.25) is 0 Å². The fourth-order valence-electron chi connectivity index (χ4n) is 9.02. The normalized spacial score (nSPS) is 29.7. The number of nitrogens with one attached hydrogen (secondary N) is 2. The van der Waals surface area contributed by atoms with E-state index in [-0.39, 0.29) is 64.4 Å². The third-order valence-electron chi connectivity index (χ3n) is 12.4. The number of ether oxygens (including phenoxy) is 6. The lowest BCUT2D eigenvalue weighted by Gasteiger charge is -2.31. The molecule has 3 saturated heterocycles. The molecule has 40 nitrogen and oxygen atoms in total. The Morgan fingerprint density at radius 1 is 0.762 bits per heavy atom. The molecule has 0 spiro atoms. The van der Waals surface area contributed by atoms with Gasteiger partial charge in [0.1, 0.15) is 66.8 Å². The number of methoxy groups -OCH3 is 2. The number of phosphoric acid groups is 4. The number of nitrogens with two attached hydrogens (primary N) is 3. The molecule has 6 aromatic rings. The molecule has 6 aromatic heterocycles. The molecule has 0 bridgehead atoms. The van der Waals surface area contributed by atoms with Crippen molar-refractivity contribution in [3.63, 3.8) is 0 Å². The van der Waals surface area contributed by atoms with Crippen LogP contribution in [0.3, 0.4) is 0 Å². The lowest BCUT2D eigenvalue weighted by atomic mass is 10.1. The maximum Gasteiger partial charge on any atom is 0.487 e. The minimum Gasteiger partial charge on any atom is -0.756 e. The minimum atomic E-state index is -6.30. The highest BCUT2D eigenvalue weighted by atomic mass is 31.3. The van der Waals surface area contributed by atoms with Gasteiger partial charge in [0.2, 0.25) is 17.7 Å². The number of phosphoric ester groups is 3. The van der Waals surface area contributed by atoms with Crippen molar-refractivity contribution in [2.45, 2.75) is 86.6 Å². The third kappa shape index (κ3) is 12.1. The molecule has 3 aliphatic rings. The van der Waals surface area contributed by atoms with E-state index in [1.807, 2.05) is 0 Å². The summed E-state index contributed by atoms with van der Waals surface area (Å²) in [5, 5.41) is 33.2. The predicted octanol–water partition coefficient (Wildman–Crippen LogP) is -4.28. The van der Waals surface area contributed by atoms with E-state index in [2.05, 4.69) is 48.5 Å². The molecule has 80 heavy (non-hydrogen) atoms. The molecule has 3 aliphatic heterocycles. The first-order valence-corrected chi connectivity index (χ1v) is 29.0. The number of aliphatic hydroxyl groups excluding tert-OH is 3. The van der Waals surface area contributed by atoms with Crippen LogP contribution < -0.4 is 37.8 Å². The second-order valence-corrected chi connectivity index (χ2v) is 23.7. The molecule has 7 unspecified atom stereocenters. The smallest absolute Gasteiger partial charge is 0.487 e. The summed E-state index contributed by atoms with van der Waals surface area (Å²) in [6.07, 6.45) is -16.8. The second-order valence-electron chi connectivity index (χ2n) is 17.7. The lowest BCUT2D eigenvalue weighted by Crippen LogP contribution is -2.47. The van der Waals surface area contributed by atoms with Gasteiger partial charge in [-0.3, -0.25) is 51.4 Å². The molecule has 14 N–H and O–H groups in total. The van der Waals surface area contributed by atoms with Gasteiger partial charge in [-0.05, 0) is 6.92 Å². The highest BCUT2D eigenvalue weighted by molar-refractivity contribution is 7.66. The molecule has 9 heterocycles. The van der Waals surface area contributed by atoms with Gasteiger partial charge in [-0.1, -0.05) is 4.98 Å². The van der Waals surface area contributed by atoms with Gasteiger partial charge in [-0.15, -0.1) is 0 Å². The molecular formula is C36H51N15O25P4. The number of nitrogens with zero attached hydrogens (tertiary/aromatic N) is 10. The highest BCUT2D eigenvalue weighted by Crippen LogP contribution is 2.67. The average molecular weight is 1220 g/mol. The van der Waals surface area contributed by atoms with E-state index < -0.39 is 135 Å². The Kier molecular flexibility index (Phi) is 17.0. The zero-order valence-electron chi connectivity index (χ0n) is 41.6. The van der Waals surface area contributed by atoms with Crippen LogP contribution in [0.5, 0.6) is 0 Å². The van der Waals surface area contributed by atoms with Crippen LogP contribution in [-0.2, 0) is 80.4 Å². The standard InChI is InChI=1S/C36H51N15O25P4/c1-13(22-24(67-6-5-65-3)21(54)33(72-22)51-12-48(2)18-29(51)45-36(39)47-31(18)56)73-79(61,62)76-80(63,64)75-78(59,60)69-8-15-23(25(66-4)34(71-15)49-10-42-16-26(37)40-9-41-27(16)49)74-77(57,58)68-7-14-19(52)20(53)32(70-14)50-11-43-17-28(50)44-35(38)46-30(17)55/h9-15,19-25,32-34,52-54H,5-8H2,1-4H3,(H11-,37,38,39,40,41,44,45,46,47,55,56,57,58,59,60,61,62,63,64)/t13-,14-,15-,19+,20?,21?,22-,23+,24-,25?,32-,33-,34-/m1/s1. The first kappa shape index (κ1) is 59.4. The minimum absolute atomic E-state index is 0.00136. The number of anilines is 3. The quantitative estimate of drug-likeness (QED) is 0.0164. The number of fused-ring (bicyclic) bond motifs is 3. The van der Waals surface area contributed by atoms with E-state index in [0.29, 0.717) is 0 Å². The maximum absolute atomic E-state index is 13.7. The van der Waals surface area contributed by atoms with Crippen LogP contribution in [0.1, 0.15) is 25.6 Å². The van der Waals surface area contributed by atoms with Gasteiger partial charge in [0.25, 0.3) is 24.9 Å². The van der Waals surface area contributed by atoms with E-state index in [0.717, 1.165) is 37.6 Å². The number of nitrogen functional groups attached to an aromatic ring is 3. The van der Waals surface area contributed by atoms with Gasteiger partial charge in [-0.25, -0.2) is 42.5 Å². The van der Waals surface area contributed by atoms with Crippen molar-refractivity contribution in [2.24, 2.45) is 7.05 Å². The molecule has 0 radical (unpaired) electrons. The zero-order chi connectivity index (χ0) is 58.0. The summed E-state index contributed by atoms with van der Waals surface area (Å²) in [7, 11) is -20.0. The maximum atomic E-state index is 13.7. The van der Waals surface area contributed by atoms with E-state index >= 15 is 0 Å². The number of hydrogen-bond acceptors (Lipinski definition) is 31. The number of aromatic nitrogens is 12. The van der Waals surface area contributed by atoms with E-state index in [1.165, 1.54) is 34.2 Å². The number of rotatable bonds is 23. The van der Waals surface area contributed by atoms with Crippen molar-refractivity contribution >= 4 is 82.5 Å². The van der Waals surface area contributed by atoms with Gasteiger partial charge in [0.15, 0.2) is 41.4 Å². The average Bonchev–Trinajstić information content (AvgIpc) is 4.24. The Morgan fingerprint density at radius 2 is 1.41 bits per heavy atom. The van der Waals surface area contributed by atoms with Crippen molar-refractivity contribution in [3.8, 4) is 0 Å². The van der Waals surface area contributed by atoms with E-state index in [9.17, 15) is 62.7 Å². The Morgan fingerprint density at radius 3 is 2.12 bits per heavy atom. The van der Waals surface area contributed by atoms with Gasteiger partial charge < -0.3 is 85.0 Å². The van der Waals surface area contributed by atoms with Crippen LogP contribution in [0.15, 0.2) is 34.9 Å². The molecule has 9 rings (SSSR count). The molecule has 0 amide bonds. The van der Waals surface area contributed by atoms with Gasteiger partial charge in [0, 0.05) is 14.2 Å². The monoisotopic (exact) mass is 1220 g/mol. The number of H-pyrrole nitrogens is 2. The molecule has 17 atom stereocenters. The summed E-state index contributed by atoms with van der Waals surface area (Å²) in [4.78, 5) is 99.4. The molecule has 0 aliphatic carbocycles. The predicted molar refractivity (Wildman–Crippen MR) is 257 cm³/mol. The van der Waals surface area contributed by atoms with Crippen LogP contribution >= 0.6 is 31.3 Å². The van der Waals surface area contributed by atoms with Crippen molar-refractivity contribution < 1.29 is 113 Å². The summed E-state index contributed by atoms with van der Waals surface area (Å²) in [6, 6.07) is 0. The van der Waals surface area contributed by atoms with Gasteiger partial charge in [-0.2, -0.15) is 9.29 Å². The van der Waals surface area contributed by atoms with E-state index in [4.69, 9.17) is 63.7 Å². The van der Waals surface area contributed by atoms with Crippen LogP contribution in [-0.4, -0.2) is 185 Å². The topological polar surface area (TPSA) is 563 Å². The van der Waals surface area contributed by atoms with Crippen molar-refractivity contribution in [1.29, 1.82) is 0 Å². The van der Waals surface area contributed by atoms with Gasteiger partial charge >= 0.3 is 29.1 Å². The van der Waals surface area contributed by atoms with Gasteiger partial charge in [0.05, 0.1) is 52.2 Å². The van der Waals surface area contributed by atoms with Crippen LogP contribution in [0.25, 0.3) is 33.5 Å². The summed E-state index contributed by atoms with van der Waals surface area (Å²) in [6.45, 7) is -1.41. The Labute approximate surface area is 445 Å². The highest BCUT2D eigenvalue weighted by Gasteiger charge is 2.54. The summed E-state index contributed by atoms with van der Waals surface area (Å²) in [5.41, 5.74) is 15.6. The lowest BCUT2D eigenvalue weighted by molar-refractivity contribution is -0.746. The van der Waals surface area contributed by atoms with Crippen LogP contribution in [0.4, 0.5) is 17.7 Å². The number of hydrogen-bond donors (Lipinski definition) is 11. The molecule has 44 heteroatoms. The summed E-state index contributed by atoms with van der Waals surface area (Å²) in [5.74, 6) is -0.703. The number of aromatic amines is 2. The van der Waals surface area contributed by atoms with Crippen molar-refractivity contribution in [2.75, 3.05) is 57.8 Å². The largest absolute Gasteiger partial charge is 0.756 e. The Hall–Kier alpha value is -5.19. The Balaban J connectivity index is 0.882. The number of imidazole rings is 3. The molecule has 3 fully saturated rings. The van der Waals surface area contributed by atoms with Crippen LogP contribution in [0, 0.1) is 0 Å². The fraction of sp³-hybridized carbons (Fsp3) is 0.583. The number of aryl methyl sites for hydroxylation is 1. The molecule has 440 valence electrons. The SMILES string of the molecule is COCCO[C@@H]1C(O)[C@H]([n+]2cn(C)c3c(=O)[nH]c(N)nc32)O[C@@H]1[C@@H](C)OP(=O)([O-])OP(=O)(O)OP(=O)(O)OC[C@H]1O[C@@H](n2cnc3c(N)ncnc32)C(OC)[C@H]1OP(=O)(O)OC[C@H]1O[C@@H](n2cnc3c(=O)[nH]c(N)nc32)C(O)[C@H]1O. The second kappa shape index (κ2) is 22.9. The first-order chi connectivity index (χ1) is 37.6. The zero-order valence-corrected chi connectivity index (χ0v) is 45.2. The summed E-state index contributed by atoms with van der Waals surface area (Å²) >= 11 is 0. The molecule has 0 aromatic carbocycles. The fourth-order valence-corrected chi connectivity index (χ4v) is 13.6. The molecule has 0 saturated carbocycles.